The molecule has 8 heteroatoms. The number of benzene rings is 1. The number of amides is 1. The van der Waals surface area contributed by atoms with Crippen LogP contribution in [0.2, 0.25) is 0 Å². The van der Waals surface area contributed by atoms with Gasteiger partial charge >= 0.3 is 0 Å². The van der Waals surface area contributed by atoms with Crippen LogP contribution in [0.15, 0.2) is 18.2 Å². The van der Waals surface area contributed by atoms with Gasteiger partial charge in [0.15, 0.2) is 0 Å². The maximum atomic E-state index is 13.0. The number of hydrogen-bond acceptors (Lipinski definition) is 6. The van der Waals surface area contributed by atoms with Crippen LogP contribution in [-0.4, -0.2) is 67.7 Å². The molecule has 0 radical (unpaired) electrons. The summed E-state index contributed by atoms with van der Waals surface area (Å²) in [4.78, 5) is 28.4. The summed E-state index contributed by atoms with van der Waals surface area (Å²) in [5.74, 6) is -0.0817. The van der Waals surface area contributed by atoms with Gasteiger partial charge in [-0.25, -0.2) is 0 Å². The van der Waals surface area contributed by atoms with E-state index in [-0.39, 0.29) is 28.5 Å². The van der Waals surface area contributed by atoms with Crippen LogP contribution in [-0.2, 0) is 16.0 Å². The molecule has 1 N–H and O–H groups in total. The van der Waals surface area contributed by atoms with Crippen molar-refractivity contribution in [3.63, 3.8) is 0 Å². The first-order valence-electron chi connectivity index (χ1n) is 10.3. The molecule has 152 valence electrons. The first-order chi connectivity index (χ1) is 13.6. The van der Waals surface area contributed by atoms with Crippen LogP contribution >= 0.6 is 0 Å². The summed E-state index contributed by atoms with van der Waals surface area (Å²) < 4.78 is 5.36. The Morgan fingerprint density at radius 1 is 1.25 bits per heavy atom. The molecule has 0 spiro atoms. The Hall–Kier alpha value is -2.19. The van der Waals surface area contributed by atoms with E-state index in [0.717, 1.165) is 69.9 Å². The normalized spacial score (nSPS) is 24.9. The number of morpholine rings is 1. The average molecular weight is 388 g/mol. The highest BCUT2D eigenvalue weighted by Crippen LogP contribution is 2.39. The summed E-state index contributed by atoms with van der Waals surface area (Å²) in [6, 6.07) is 5.27. The van der Waals surface area contributed by atoms with Gasteiger partial charge in [-0.15, -0.1) is 0 Å². The Kier molecular flexibility index (Phi) is 5.77. The summed E-state index contributed by atoms with van der Waals surface area (Å²) >= 11 is 0. The Morgan fingerprint density at radius 2 is 2.07 bits per heavy atom. The molecule has 3 heterocycles. The molecule has 8 nitrogen and oxygen atoms in total. The third kappa shape index (κ3) is 3.98. The molecule has 4 rings (SSSR count). The number of non-ortho nitro benzene ring substituents is 1. The van der Waals surface area contributed by atoms with Crippen LogP contribution in [0.5, 0.6) is 0 Å². The van der Waals surface area contributed by atoms with E-state index in [1.165, 1.54) is 0 Å². The number of fused-ring (bicyclic) bond motifs is 3. The third-order valence-electron chi connectivity index (χ3n) is 6.20. The van der Waals surface area contributed by atoms with Gasteiger partial charge in [0.2, 0.25) is 5.91 Å². The molecule has 3 aliphatic rings. The van der Waals surface area contributed by atoms with Crippen molar-refractivity contribution in [3.8, 4) is 0 Å². The molecule has 2 saturated heterocycles. The minimum atomic E-state index is -0.361. The van der Waals surface area contributed by atoms with Crippen molar-refractivity contribution in [3.05, 3.63) is 33.9 Å². The second-order valence-corrected chi connectivity index (χ2v) is 7.88. The van der Waals surface area contributed by atoms with Gasteiger partial charge in [-0.1, -0.05) is 0 Å². The molecule has 3 aliphatic heterocycles. The first-order valence-corrected chi connectivity index (χ1v) is 10.3. The molecule has 0 aromatic heterocycles. The molecule has 1 aromatic rings. The number of rotatable bonds is 5. The number of piperidine rings is 1. The van der Waals surface area contributed by atoms with Crippen LogP contribution in [0.3, 0.4) is 0 Å². The Balaban J connectivity index is 1.45. The molecular weight excluding hydrogens is 360 g/mol. The van der Waals surface area contributed by atoms with Gasteiger partial charge in [-0.2, -0.15) is 0 Å². The Morgan fingerprint density at radius 3 is 2.86 bits per heavy atom. The number of hydrogen-bond donors (Lipinski definition) is 1. The molecule has 2 fully saturated rings. The first kappa shape index (κ1) is 19.1. The second-order valence-electron chi connectivity index (χ2n) is 7.88. The Bertz CT molecular complexity index is 735. The van der Waals surface area contributed by atoms with E-state index in [9.17, 15) is 14.9 Å². The predicted molar refractivity (Wildman–Crippen MR) is 106 cm³/mol. The van der Waals surface area contributed by atoms with E-state index in [2.05, 4.69) is 15.1 Å². The van der Waals surface area contributed by atoms with Crippen LogP contribution in [0, 0.1) is 16.0 Å². The van der Waals surface area contributed by atoms with Crippen LogP contribution in [0.25, 0.3) is 0 Å². The van der Waals surface area contributed by atoms with Crippen molar-refractivity contribution in [2.45, 2.75) is 31.7 Å². The number of carbonyl (C=O) groups is 1. The van der Waals surface area contributed by atoms with Gasteiger partial charge < -0.3 is 15.0 Å². The van der Waals surface area contributed by atoms with Gasteiger partial charge in [0, 0.05) is 56.6 Å². The lowest BCUT2D eigenvalue weighted by molar-refractivity contribution is -0.384. The standard InChI is InChI=1S/C20H28N4O4/c25-20(21-6-8-22-9-11-28-12-10-22)17-14-15-13-16(24(26)27)4-5-18(15)23-7-2-1-3-19(17)23/h4-5,13,17,19H,1-3,6-12,14H2,(H,21,25)/t17-,19+/m1/s1. The average Bonchev–Trinajstić information content (AvgIpc) is 2.73. The summed E-state index contributed by atoms with van der Waals surface area (Å²) in [6.07, 6.45) is 3.79. The molecule has 1 aromatic carbocycles. The topological polar surface area (TPSA) is 88.0 Å². The highest BCUT2D eigenvalue weighted by Gasteiger charge is 2.39. The maximum absolute atomic E-state index is 13.0. The maximum Gasteiger partial charge on any atom is 0.269 e. The summed E-state index contributed by atoms with van der Waals surface area (Å²) in [5.41, 5.74) is 2.08. The smallest absolute Gasteiger partial charge is 0.269 e. The van der Waals surface area contributed by atoms with E-state index >= 15 is 0 Å². The zero-order chi connectivity index (χ0) is 19.5. The molecule has 2 atom stereocenters. The molecule has 1 amide bonds. The molecule has 28 heavy (non-hydrogen) atoms. The van der Waals surface area contributed by atoms with Gasteiger partial charge in [0.25, 0.3) is 5.69 Å². The fourth-order valence-corrected chi connectivity index (χ4v) is 4.74. The monoisotopic (exact) mass is 388 g/mol. The number of nitro benzene ring substituents is 1. The fourth-order valence-electron chi connectivity index (χ4n) is 4.74. The van der Waals surface area contributed by atoms with Crippen molar-refractivity contribution >= 4 is 17.3 Å². The number of nitro groups is 1. The van der Waals surface area contributed by atoms with Crippen molar-refractivity contribution in [1.82, 2.24) is 10.2 Å². The highest BCUT2D eigenvalue weighted by molar-refractivity contribution is 5.82. The zero-order valence-corrected chi connectivity index (χ0v) is 16.1. The van der Waals surface area contributed by atoms with E-state index in [0.29, 0.717) is 13.0 Å². The van der Waals surface area contributed by atoms with Gasteiger partial charge in [0.05, 0.1) is 24.1 Å². The minimum absolute atomic E-state index is 0.0716. The lowest BCUT2D eigenvalue weighted by Crippen LogP contribution is -2.53. The van der Waals surface area contributed by atoms with E-state index in [1.54, 1.807) is 12.1 Å². The molecular formula is C20H28N4O4. The van der Waals surface area contributed by atoms with E-state index < -0.39 is 0 Å². The van der Waals surface area contributed by atoms with Gasteiger partial charge in [-0.05, 0) is 37.3 Å². The number of anilines is 1. The number of carbonyl (C=O) groups excluding carboxylic acids is 1. The van der Waals surface area contributed by atoms with Crippen molar-refractivity contribution < 1.29 is 14.5 Å². The van der Waals surface area contributed by atoms with Crippen molar-refractivity contribution in [2.24, 2.45) is 5.92 Å². The SMILES string of the molecule is O=C(NCCN1CCOCC1)[C@@H]1Cc2cc([N+](=O)[O-])ccc2N2CCCC[C@@H]12. The number of nitrogens with one attached hydrogen (secondary N) is 1. The van der Waals surface area contributed by atoms with Gasteiger partial charge in [0.1, 0.15) is 0 Å². The summed E-state index contributed by atoms with van der Waals surface area (Å²) in [6.45, 7) is 5.70. The Labute approximate surface area is 165 Å². The van der Waals surface area contributed by atoms with Crippen LogP contribution < -0.4 is 10.2 Å². The third-order valence-corrected chi connectivity index (χ3v) is 6.20. The molecule has 0 aliphatic carbocycles. The van der Waals surface area contributed by atoms with Gasteiger partial charge in [-0.3, -0.25) is 19.8 Å². The quantitative estimate of drug-likeness (QED) is 0.609. The fraction of sp³-hybridized carbons (Fsp3) is 0.650. The van der Waals surface area contributed by atoms with Crippen LogP contribution in [0.1, 0.15) is 24.8 Å². The lowest BCUT2D eigenvalue weighted by atomic mass is 9.80. The predicted octanol–water partition coefficient (Wildman–Crippen LogP) is 1.57. The van der Waals surface area contributed by atoms with Crippen molar-refractivity contribution in [2.75, 3.05) is 50.8 Å². The zero-order valence-electron chi connectivity index (χ0n) is 16.1. The number of nitrogens with zero attached hydrogens (tertiary/aromatic N) is 3. The van der Waals surface area contributed by atoms with Crippen LogP contribution in [0.4, 0.5) is 11.4 Å². The summed E-state index contributed by atoms with van der Waals surface area (Å²) in [5, 5.41) is 14.3. The van der Waals surface area contributed by atoms with E-state index in [1.807, 2.05) is 6.07 Å². The number of ether oxygens (including phenoxy) is 1. The molecule has 0 unspecified atom stereocenters. The highest BCUT2D eigenvalue weighted by atomic mass is 16.6. The molecule has 0 bridgehead atoms. The van der Waals surface area contributed by atoms with Crippen molar-refractivity contribution in [1.29, 1.82) is 0 Å². The minimum Gasteiger partial charge on any atom is -0.379 e. The van der Waals surface area contributed by atoms with E-state index in [4.69, 9.17) is 4.74 Å². The lowest BCUT2D eigenvalue weighted by Gasteiger charge is -2.46. The summed E-state index contributed by atoms with van der Waals surface area (Å²) in [7, 11) is 0. The second kappa shape index (κ2) is 8.45. The molecule has 0 saturated carbocycles. The largest absolute Gasteiger partial charge is 0.379 e.